The van der Waals surface area contributed by atoms with Gasteiger partial charge in [0.1, 0.15) is 0 Å². The molecule has 148 valence electrons. The number of carbonyl (C=O) groups excluding carboxylic acids is 1. The summed E-state index contributed by atoms with van der Waals surface area (Å²) in [4.78, 5) is 15.7. The van der Waals surface area contributed by atoms with Crippen molar-refractivity contribution in [1.29, 1.82) is 0 Å². The summed E-state index contributed by atoms with van der Waals surface area (Å²) in [5.41, 5.74) is -0.249. The number of benzene rings is 1. The van der Waals surface area contributed by atoms with Crippen molar-refractivity contribution in [2.45, 2.75) is 46.0 Å². The topological polar surface area (TPSA) is 62.7 Å². The first-order valence-corrected chi connectivity index (χ1v) is 8.10. The molecule has 1 aromatic rings. The van der Waals surface area contributed by atoms with Crippen molar-refractivity contribution in [3.8, 4) is 0 Å². The molecule has 26 heavy (non-hydrogen) atoms. The van der Waals surface area contributed by atoms with E-state index < -0.39 is 11.7 Å². The van der Waals surface area contributed by atoms with Gasteiger partial charge < -0.3 is 15.4 Å². The lowest BCUT2D eigenvalue weighted by atomic mass is 10.1. The molecule has 0 unspecified atom stereocenters. The Morgan fingerprint density at radius 3 is 2.54 bits per heavy atom. The molecular formula is C17H25F3IN3O2. The monoisotopic (exact) mass is 487 g/mol. The maximum Gasteiger partial charge on any atom is 0.416 e. The zero-order chi connectivity index (χ0) is 18.9. The van der Waals surface area contributed by atoms with Crippen LogP contribution in [0.25, 0.3) is 0 Å². The van der Waals surface area contributed by atoms with E-state index in [1.165, 1.54) is 6.07 Å². The minimum Gasteiger partial charge on any atom is -0.463 e. The van der Waals surface area contributed by atoms with E-state index in [2.05, 4.69) is 15.6 Å². The first-order chi connectivity index (χ1) is 11.7. The minimum absolute atomic E-state index is 0. The van der Waals surface area contributed by atoms with Gasteiger partial charge in [0.15, 0.2) is 5.96 Å². The molecule has 0 saturated heterocycles. The Hall–Kier alpha value is -1.52. The molecule has 1 aromatic carbocycles. The van der Waals surface area contributed by atoms with E-state index in [0.717, 1.165) is 12.1 Å². The standard InChI is InChI=1S/C17H24F3N3O2.HI/c1-4-21-16(22-9-8-15(24)25-12(2)3)23-11-13-6-5-7-14(10-13)17(18,19)20;/h5-7,10,12H,4,8-9,11H2,1-3H3,(H2,21,22,23);1H. The number of alkyl halides is 3. The molecule has 0 spiro atoms. The van der Waals surface area contributed by atoms with Gasteiger partial charge in [0.05, 0.1) is 24.6 Å². The molecular weight excluding hydrogens is 462 g/mol. The van der Waals surface area contributed by atoms with E-state index in [-0.39, 0.29) is 49.0 Å². The summed E-state index contributed by atoms with van der Waals surface area (Å²) >= 11 is 0. The van der Waals surface area contributed by atoms with Crippen LogP contribution in [0.15, 0.2) is 29.3 Å². The molecule has 0 amide bonds. The van der Waals surface area contributed by atoms with Crippen LogP contribution in [-0.4, -0.2) is 31.1 Å². The van der Waals surface area contributed by atoms with Crippen LogP contribution in [0.3, 0.4) is 0 Å². The van der Waals surface area contributed by atoms with Gasteiger partial charge in [-0.05, 0) is 38.5 Å². The molecule has 0 atom stereocenters. The highest BCUT2D eigenvalue weighted by Gasteiger charge is 2.30. The Morgan fingerprint density at radius 1 is 1.27 bits per heavy atom. The maximum absolute atomic E-state index is 12.7. The lowest BCUT2D eigenvalue weighted by Gasteiger charge is -2.12. The van der Waals surface area contributed by atoms with Crippen molar-refractivity contribution in [1.82, 2.24) is 10.6 Å². The fraction of sp³-hybridized carbons (Fsp3) is 0.529. The number of guanidine groups is 1. The normalized spacial score (nSPS) is 11.7. The van der Waals surface area contributed by atoms with Crippen LogP contribution in [0.2, 0.25) is 0 Å². The predicted molar refractivity (Wildman–Crippen MR) is 106 cm³/mol. The molecule has 0 bridgehead atoms. The number of carbonyl (C=O) groups is 1. The largest absolute Gasteiger partial charge is 0.463 e. The van der Waals surface area contributed by atoms with Crippen LogP contribution >= 0.6 is 24.0 Å². The number of hydrogen-bond acceptors (Lipinski definition) is 3. The summed E-state index contributed by atoms with van der Waals surface area (Å²) < 4.78 is 43.2. The zero-order valence-corrected chi connectivity index (χ0v) is 17.4. The Kier molecular flexibility index (Phi) is 11.3. The molecule has 0 aromatic heterocycles. The summed E-state index contributed by atoms with van der Waals surface area (Å²) in [5.74, 6) is 0.105. The van der Waals surface area contributed by atoms with Gasteiger partial charge in [0.25, 0.3) is 0 Å². The minimum atomic E-state index is -4.38. The van der Waals surface area contributed by atoms with E-state index in [9.17, 15) is 18.0 Å². The molecule has 0 heterocycles. The molecule has 0 saturated carbocycles. The highest BCUT2D eigenvalue weighted by Crippen LogP contribution is 2.29. The second kappa shape index (κ2) is 12.0. The van der Waals surface area contributed by atoms with Crippen LogP contribution in [0.4, 0.5) is 13.2 Å². The summed E-state index contributed by atoms with van der Waals surface area (Å²) in [7, 11) is 0. The van der Waals surface area contributed by atoms with Gasteiger partial charge in [-0.2, -0.15) is 13.2 Å². The SMILES string of the molecule is CCNC(=NCc1cccc(C(F)(F)F)c1)NCCC(=O)OC(C)C.I. The number of hydrogen-bond donors (Lipinski definition) is 2. The summed E-state index contributed by atoms with van der Waals surface area (Å²) in [6.45, 7) is 6.41. The Balaban J connectivity index is 0.00000625. The third kappa shape index (κ3) is 9.83. The molecule has 0 radical (unpaired) electrons. The lowest BCUT2D eigenvalue weighted by molar-refractivity contribution is -0.147. The number of ether oxygens (including phenoxy) is 1. The molecule has 0 aliphatic rings. The van der Waals surface area contributed by atoms with Crippen molar-refractivity contribution >= 4 is 35.9 Å². The van der Waals surface area contributed by atoms with Gasteiger partial charge in [-0.15, -0.1) is 24.0 Å². The van der Waals surface area contributed by atoms with Crippen molar-refractivity contribution in [3.63, 3.8) is 0 Å². The van der Waals surface area contributed by atoms with E-state index in [1.807, 2.05) is 6.92 Å². The van der Waals surface area contributed by atoms with Crippen LogP contribution in [0.1, 0.15) is 38.3 Å². The van der Waals surface area contributed by atoms with Crippen LogP contribution in [0, 0.1) is 0 Å². The number of nitrogens with zero attached hydrogens (tertiary/aromatic N) is 1. The molecule has 1 rings (SSSR count). The van der Waals surface area contributed by atoms with Gasteiger partial charge >= 0.3 is 12.1 Å². The number of esters is 1. The Morgan fingerprint density at radius 2 is 1.96 bits per heavy atom. The van der Waals surface area contributed by atoms with E-state index >= 15 is 0 Å². The highest BCUT2D eigenvalue weighted by atomic mass is 127. The molecule has 5 nitrogen and oxygen atoms in total. The van der Waals surface area contributed by atoms with E-state index in [0.29, 0.717) is 24.6 Å². The fourth-order valence-corrected chi connectivity index (χ4v) is 1.96. The Labute approximate surface area is 168 Å². The van der Waals surface area contributed by atoms with Gasteiger partial charge in [-0.1, -0.05) is 12.1 Å². The average Bonchev–Trinajstić information content (AvgIpc) is 2.51. The van der Waals surface area contributed by atoms with Crippen molar-refractivity contribution in [2.24, 2.45) is 4.99 Å². The van der Waals surface area contributed by atoms with Gasteiger partial charge in [0.2, 0.25) is 0 Å². The van der Waals surface area contributed by atoms with E-state index in [1.54, 1.807) is 19.9 Å². The third-order valence-electron chi connectivity index (χ3n) is 3.01. The molecule has 0 aliphatic heterocycles. The second-order valence-corrected chi connectivity index (χ2v) is 5.61. The Bertz CT molecular complexity index is 593. The predicted octanol–water partition coefficient (Wildman–Crippen LogP) is 3.72. The molecule has 2 N–H and O–H groups in total. The zero-order valence-electron chi connectivity index (χ0n) is 15.0. The lowest BCUT2D eigenvalue weighted by Crippen LogP contribution is -2.38. The average molecular weight is 487 g/mol. The summed E-state index contributed by atoms with van der Waals surface area (Å²) in [6.07, 6.45) is -4.37. The third-order valence-corrected chi connectivity index (χ3v) is 3.01. The number of aliphatic imine (C=N–C) groups is 1. The maximum atomic E-state index is 12.7. The molecule has 9 heteroatoms. The number of rotatable bonds is 7. The van der Waals surface area contributed by atoms with Crippen LogP contribution in [0.5, 0.6) is 0 Å². The smallest absolute Gasteiger partial charge is 0.416 e. The molecule has 0 aliphatic carbocycles. The van der Waals surface area contributed by atoms with Crippen LogP contribution in [-0.2, 0) is 22.3 Å². The highest BCUT2D eigenvalue weighted by molar-refractivity contribution is 14.0. The second-order valence-electron chi connectivity index (χ2n) is 5.61. The summed E-state index contributed by atoms with van der Waals surface area (Å²) in [5, 5.41) is 5.93. The first kappa shape index (κ1) is 24.5. The summed E-state index contributed by atoms with van der Waals surface area (Å²) in [6, 6.07) is 5.04. The van der Waals surface area contributed by atoms with Gasteiger partial charge in [-0.25, -0.2) is 4.99 Å². The number of nitrogens with one attached hydrogen (secondary N) is 2. The van der Waals surface area contributed by atoms with Gasteiger partial charge in [0, 0.05) is 13.1 Å². The van der Waals surface area contributed by atoms with Crippen LogP contribution < -0.4 is 10.6 Å². The first-order valence-electron chi connectivity index (χ1n) is 8.10. The van der Waals surface area contributed by atoms with Gasteiger partial charge in [-0.3, -0.25) is 4.79 Å². The molecule has 0 fully saturated rings. The van der Waals surface area contributed by atoms with Crippen molar-refractivity contribution in [2.75, 3.05) is 13.1 Å². The fourth-order valence-electron chi connectivity index (χ4n) is 1.96. The van der Waals surface area contributed by atoms with E-state index in [4.69, 9.17) is 4.74 Å². The van der Waals surface area contributed by atoms with Crippen molar-refractivity contribution < 1.29 is 22.7 Å². The number of halogens is 4. The quantitative estimate of drug-likeness (QED) is 0.267. The van der Waals surface area contributed by atoms with Crippen molar-refractivity contribution in [3.05, 3.63) is 35.4 Å².